The first-order valence-corrected chi connectivity index (χ1v) is 8.37. The van der Waals surface area contributed by atoms with Crippen molar-refractivity contribution in [3.8, 4) is 0 Å². The van der Waals surface area contributed by atoms with Crippen molar-refractivity contribution in [2.24, 2.45) is 5.92 Å². The van der Waals surface area contributed by atoms with Gasteiger partial charge in [0, 0.05) is 19.3 Å². The molecule has 2 nitrogen and oxygen atoms in total. The minimum atomic E-state index is -1.78. The van der Waals surface area contributed by atoms with Crippen LogP contribution in [0.15, 0.2) is 0 Å². The highest BCUT2D eigenvalue weighted by molar-refractivity contribution is 8.27. The topological polar surface area (TPSA) is 18.5 Å². The van der Waals surface area contributed by atoms with E-state index in [1.807, 2.05) is 11.2 Å². The summed E-state index contributed by atoms with van der Waals surface area (Å²) in [6.45, 7) is 7.98. The van der Waals surface area contributed by atoms with Gasteiger partial charge in [0.15, 0.2) is 0 Å². The van der Waals surface area contributed by atoms with Crippen LogP contribution in [0.4, 0.5) is 0 Å². The molecule has 12 heavy (non-hydrogen) atoms. The molecular formula is C8H18O2SSi. The molecule has 1 saturated heterocycles. The Bertz CT molecular complexity index is 132. The third kappa shape index (κ3) is 2.49. The van der Waals surface area contributed by atoms with E-state index in [-0.39, 0.29) is 0 Å². The molecule has 0 N–H and O–H groups in total. The molecule has 1 fully saturated rings. The van der Waals surface area contributed by atoms with Crippen LogP contribution in [-0.4, -0.2) is 26.7 Å². The van der Waals surface area contributed by atoms with Gasteiger partial charge in [-0.3, -0.25) is 0 Å². The molecule has 0 bridgehead atoms. The van der Waals surface area contributed by atoms with E-state index in [1.54, 1.807) is 0 Å². The summed E-state index contributed by atoms with van der Waals surface area (Å²) in [4.78, 5) is 0. The smallest absolute Gasteiger partial charge is 0.387 e. The Morgan fingerprint density at radius 3 is 2.25 bits per heavy atom. The molecule has 4 heteroatoms. The van der Waals surface area contributed by atoms with E-state index in [2.05, 4.69) is 20.8 Å². The molecule has 0 aromatic carbocycles. The van der Waals surface area contributed by atoms with Crippen LogP contribution in [0.5, 0.6) is 0 Å². The van der Waals surface area contributed by atoms with Gasteiger partial charge in [-0.1, -0.05) is 6.92 Å². The highest BCUT2D eigenvalue weighted by Gasteiger charge is 2.45. The van der Waals surface area contributed by atoms with Crippen molar-refractivity contribution >= 4 is 18.9 Å². The van der Waals surface area contributed by atoms with Crippen molar-refractivity contribution in [3.05, 3.63) is 0 Å². The predicted octanol–water partition coefficient (Wildman–Crippen LogP) is 2.38. The van der Waals surface area contributed by atoms with E-state index in [9.17, 15) is 0 Å². The molecule has 1 atom stereocenters. The third-order valence-electron chi connectivity index (χ3n) is 1.91. The zero-order chi connectivity index (χ0) is 9.03. The number of rotatable bonds is 4. The minimum Gasteiger partial charge on any atom is -0.387 e. The maximum Gasteiger partial charge on any atom is 0.406 e. The molecule has 72 valence electrons. The van der Waals surface area contributed by atoms with Crippen LogP contribution in [0.3, 0.4) is 0 Å². The summed E-state index contributed by atoms with van der Waals surface area (Å²) in [6, 6.07) is 1.17. The lowest BCUT2D eigenvalue weighted by Crippen LogP contribution is -2.36. The van der Waals surface area contributed by atoms with Gasteiger partial charge in [0.05, 0.1) is 0 Å². The molecule has 0 saturated carbocycles. The van der Waals surface area contributed by atoms with Crippen molar-refractivity contribution in [2.75, 3.05) is 19.0 Å². The first-order chi connectivity index (χ1) is 5.72. The molecule has 1 unspecified atom stereocenters. The van der Waals surface area contributed by atoms with Gasteiger partial charge in [-0.2, -0.15) is 0 Å². The Kier molecular flexibility index (Phi) is 4.09. The van der Waals surface area contributed by atoms with Gasteiger partial charge < -0.3 is 8.85 Å². The average Bonchev–Trinajstić information content (AvgIpc) is 2.34. The molecule has 1 heterocycles. The third-order valence-corrected chi connectivity index (χ3v) is 8.77. The minimum absolute atomic E-state index is 0.778. The van der Waals surface area contributed by atoms with Gasteiger partial charge in [0.25, 0.3) is 0 Å². The van der Waals surface area contributed by atoms with Crippen LogP contribution < -0.4 is 0 Å². The summed E-state index contributed by atoms with van der Waals surface area (Å²) in [5.41, 5.74) is 0. The monoisotopic (exact) mass is 206 g/mol. The van der Waals surface area contributed by atoms with Crippen LogP contribution >= 0.6 is 11.2 Å². The SMILES string of the molecule is CCO[Si]1(OCC)CC(C)CS1. The van der Waals surface area contributed by atoms with Gasteiger partial charge in [-0.15, -0.1) is 11.2 Å². The summed E-state index contributed by atoms with van der Waals surface area (Å²) < 4.78 is 11.6. The fourth-order valence-corrected chi connectivity index (χ4v) is 8.87. The standard InChI is InChI=1S/C8H18O2SSi/c1-4-9-12(10-5-2)7-8(3)6-11-12/h8H,4-7H2,1-3H3. The molecule has 1 rings (SSSR count). The second-order valence-corrected chi connectivity index (χ2v) is 8.88. The zero-order valence-electron chi connectivity index (χ0n) is 8.13. The van der Waals surface area contributed by atoms with Crippen LogP contribution in [-0.2, 0) is 8.85 Å². The van der Waals surface area contributed by atoms with Crippen LogP contribution in [0.25, 0.3) is 0 Å². The first-order valence-electron chi connectivity index (χ1n) is 4.64. The molecule has 0 spiro atoms. The first kappa shape index (κ1) is 10.6. The average molecular weight is 206 g/mol. The predicted molar refractivity (Wildman–Crippen MR) is 55.4 cm³/mol. The lowest BCUT2D eigenvalue weighted by atomic mass is 10.3. The number of hydrogen-bond acceptors (Lipinski definition) is 3. The highest BCUT2D eigenvalue weighted by Crippen LogP contribution is 2.39. The Hall–Kier alpha value is 0.487. The summed E-state index contributed by atoms with van der Waals surface area (Å²) in [6.07, 6.45) is 0. The fraction of sp³-hybridized carbons (Fsp3) is 1.00. The van der Waals surface area contributed by atoms with Crippen molar-refractivity contribution in [3.63, 3.8) is 0 Å². The van der Waals surface area contributed by atoms with E-state index in [1.165, 1.54) is 11.8 Å². The Morgan fingerprint density at radius 1 is 1.33 bits per heavy atom. The van der Waals surface area contributed by atoms with Crippen molar-refractivity contribution < 1.29 is 8.85 Å². The Balaban J connectivity index is 2.48. The molecule has 1 aliphatic rings. The van der Waals surface area contributed by atoms with E-state index >= 15 is 0 Å². The largest absolute Gasteiger partial charge is 0.406 e. The van der Waals surface area contributed by atoms with Crippen molar-refractivity contribution in [1.82, 2.24) is 0 Å². The summed E-state index contributed by atoms with van der Waals surface area (Å²) in [5.74, 6) is 1.99. The van der Waals surface area contributed by atoms with Gasteiger partial charge in [0.2, 0.25) is 0 Å². The van der Waals surface area contributed by atoms with Gasteiger partial charge >= 0.3 is 7.71 Å². The maximum atomic E-state index is 5.78. The number of hydrogen-bond donors (Lipinski definition) is 0. The Labute approximate surface area is 79.9 Å². The van der Waals surface area contributed by atoms with Gasteiger partial charge in [0.1, 0.15) is 0 Å². The lowest BCUT2D eigenvalue weighted by molar-refractivity contribution is 0.204. The molecule has 0 aromatic heterocycles. The summed E-state index contributed by atoms with van der Waals surface area (Å²) in [5, 5.41) is 0. The molecule has 0 aliphatic carbocycles. The van der Waals surface area contributed by atoms with Gasteiger partial charge in [-0.25, -0.2) is 0 Å². The molecule has 0 radical (unpaired) electrons. The normalized spacial score (nSPS) is 27.8. The highest BCUT2D eigenvalue weighted by atomic mass is 32.4. The van der Waals surface area contributed by atoms with Crippen molar-refractivity contribution in [1.29, 1.82) is 0 Å². The molecule has 1 aliphatic heterocycles. The van der Waals surface area contributed by atoms with Crippen LogP contribution in [0.1, 0.15) is 20.8 Å². The maximum absolute atomic E-state index is 5.78. The van der Waals surface area contributed by atoms with Crippen molar-refractivity contribution in [2.45, 2.75) is 26.8 Å². The summed E-state index contributed by atoms with van der Waals surface area (Å²) >= 11 is 1.94. The van der Waals surface area contributed by atoms with Crippen LogP contribution in [0, 0.1) is 5.92 Å². The van der Waals surface area contributed by atoms with Gasteiger partial charge in [-0.05, 0) is 25.5 Å². The lowest BCUT2D eigenvalue weighted by Gasteiger charge is -2.23. The van der Waals surface area contributed by atoms with E-state index in [0.717, 1.165) is 19.1 Å². The van der Waals surface area contributed by atoms with Crippen LogP contribution in [0.2, 0.25) is 6.04 Å². The zero-order valence-corrected chi connectivity index (χ0v) is 9.95. The molecule has 0 aromatic rings. The molecule has 0 amide bonds. The fourth-order valence-electron chi connectivity index (χ4n) is 1.50. The quantitative estimate of drug-likeness (QED) is 0.658. The second kappa shape index (κ2) is 4.65. The summed E-state index contributed by atoms with van der Waals surface area (Å²) in [7, 11) is -1.78. The second-order valence-electron chi connectivity index (χ2n) is 3.17. The Morgan fingerprint density at radius 2 is 1.92 bits per heavy atom. The van der Waals surface area contributed by atoms with E-state index < -0.39 is 7.71 Å². The molecular weight excluding hydrogens is 188 g/mol. The van der Waals surface area contributed by atoms with E-state index in [0.29, 0.717) is 0 Å². The van der Waals surface area contributed by atoms with E-state index in [4.69, 9.17) is 8.85 Å².